The molecule has 2 heterocycles. The zero-order chi connectivity index (χ0) is 18.7. The first-order chi connectivity index (χ1) is 12.4. The largest absolute Gasteiger partial charge is 0.481 e. The summed E-state index contributed by atoms with van der Waals surface area (Å²) in [5.74, 6) is 0.655. The van der Waals surface area contributed by atoms with Gasteiger partial charge in [0.15, 0.2) is 0 Å². The summed E-state index contributed by atoms with van der Waals surface area (Å²) in [6, 6.07) is 11.7. The van der Waals surface area contributed by atoms with Crippen molar-refractivity contribution < 1.29 is 14.3 Å². The lowest BCUT2D eigenvalue weighted by Crippen LogP contribution is -2.28. The Hall–Kier alpha value is -1.48. The summed E-state index contributed by atoms with van der Waals surface area (Å²) in [5, 5.41) is 8.76. The van der Waals surface area contributed by atoms with Gasteiger partial charge in [-0.25, -0.2) is 0 Å². The van der Waals surface area contributed by atoms with E-state index < -0.39 is 5.97 Å². The first kappa shape index (κ1) is 19.3. The number of aliphatic carboxylic acids is 1. The molecule has 1 N–H and O–H groups in total. The summed E-state index contributed by atoms with van der Waals surface area (Å²) in [4.78, 5) is 13.9. The van der Waals surface area contributed by atoms with Crippen molar-refractivity contribution in [1.82, 2.24) is 4.90 Å². The van der Waals surface area contributed by atoms with Crippen LogP contribution in [0.2, 0.25) is 0 Å². The molecule has 0 spiro atoms. The van der Waals surface area contributed by atoms with E-state index in [0.717, 1.165) is 20.7 Å². The average Bonchev–Trinajstić information content (AvgIpc) is 3.15. The number of carbonyl (C=O) groups is 1. The molecule has 2 aromatic rings. The SMILES string of the molecule is O=C(O)CCCN1C(=S)SC(=Cc2ccc(-c3ccc(Br)cc3)o2)C1=S. The van der Waals surface area contributed by atoms with Gasteiger partial charge in [-0.05, 0) is 36.8 Å². The first-order valence-electron chi connectivity index (χ1n) is 7.77. The van der Waals surface area contributed by atoms with Crippen molar-refractivity contribution in [3.63, 3.8) is 0 Å². The van der Waals surface area contributed by atoms with E-state index in [1.54, 1.807) is 0 Å². The Balaban J connectivity index is 1.72. The Morgan fingerprint density at radius 2 is 1.96 bits per heavy atom. The molecule has 8 heteroatoms. The maximum absolute atomic E-state index is 10.7. The molecule has 0 bridgehead atoms. The lowest BCUT2D eigenvalue weighted by Gasteiger charge is -2.15. The molecule has 0 aliphatic carbocycles. The van der Waals surface area contributed by atoms with E-state index in [-0.39, 0.29) is 6.42 Å². The Morgan fingerprint density at radius 1 is 1.23 bits per heavy atom. The van der Waals surface area contributed by atoms with Crippen molar-refractivity contribution in [3.8, 4) is 11.3 Å². The van der Waals surface area contributed by atoms with E-state index >= 15 is 0 Å². The number of nitrogens with zero attached hydrogens (tertiary/aromatic N) is 1. The van der Waals surface area contributed by atoms with Crippen LogP contribution in [0.5, 0.6) is 0 Å². The monoisotopic (exact) mass is 467 g/mol. The van der Waals surface area contributed by atoms with E-state index in [9.17, 15) is 4.79 Å². The van der Waals surface area contributed by atoms with Crippen molar-refractivity contribution in [1.29, 1.82) is 0 Å². The number of rotatable bonds is 6. The minimum absolute atomic E-state index is 0.0974. The van der Waals surface area contributed by atoms with Gasteiger partial charge in [-0.2, -0.15) is 0 Å². The minimum atomic E-state index is -0.819. The summed E-state index contributed by atoms with van der Waals surface area (Å²) in [7, 11) is 0. The number of hydrogen-bond donors (Lipinski definition) is 1. The van der Waals surface area contributed by atoms with Gasteiger partial charge in [0.25, 0.3) is 0 Å². The number of carboxylic acid groups (broad SMARTS) is 1. The number of carboxylic acids is 1. The normalized spacial score (nSPS) is 15.9. The number of furan rings is 1. The molecule has 4 nitrogen and oxygen atoms in total. The molecule has 3 rings (SSSR count). The fourth-order valence-electron chi connectivity index (χ4n) is 2.41. The van der Waals surface area contributed by atoms with E-state index in [1.165, 1.54) is 11.8 Å². The van der Waals surface area contributed by atoms with Crippen LogP contribution < -0.4 is 0 Å². The third-order valence-corrected chi connectivity index (χ3v) is 6.17. The molecule has 0 radical (unpaired) electrons. The predicted octanol–water partition coefficient (Wildman–Crippen LogP) is 5.58. The van der Waals surface area contributed by atoms with Gasteiger partial charge >= 0.3 is 5.97 Å². The number of thiocarbonyl (C=S) groups is 2. The molecule has 134 valence electrons. The lowest BCUT2D eigenvalue weighted by atomic mass is 10.2. The molecule has 1 saturated heterocycles. The highest BCUT2D eigenvalue weighted by Crippen LogP contribution is 2.34. The second-order valence-electron chi connectivity index (χ2n) is 5.54. The van der Waals surface area contributed by atoms with Crippen LogP contribution in [0.15, 0.2) is 50.2 Å². The van der Waals surface area contributed by atoms with Crippen LogP contribution in [-0.2, 0) is 4.79 Å². The Bertz CT molecular complexity index is 889. The van der Waals surface area contributed by atoms with Gasteiger partial charge in [0.2, 0.25) is 0 Å². The van der Waals surface area contributed by atoms with Crippen molar-refractivity contribution in [2.75, 3.05) is 6.54 Å². The molecule has 1 fully saturated rings. The quantitative estimate of drug-likeness (QED) is 0.439. The zero-order valence-corrected chi connectivity index (χ0v) is 17.5. The standard InChI is InChI=1S/C18H14BrNO3S3/c19-12-5-3-11(4-6-12)14-8-7-13(23-14)10-15-17(24)20(18(25)26-15)9-1-2-16(21)22/h3-8,10H,1-2,9H2,(H,21,22). The van der Waals surface area contributed by atoms with Crippen LogP contribution in [-0.4, -0.2) is 31.8 Å². The molecular weight excluding hydrogens is 454 g/mol. The van der Waals surface area contributed by atoms with Crippen molar-refractivity contribution in [2.45, 2.75) is 12.8 Å². The third kappa shape index (κ3) is 4.62. The van der Waals surface area contributed by atoms with Gasteiger partial charge in [-0.1, -0.05) is 64.3 Å². The topological polar surface area (TPSA) is 53.7 Å². The van der Waals surface area contributed by atoms with Gasteiger partial charge in [0.1, 0.15) is 20.8 Å². The van der Waals surface area contributed by atoms with Crippen LogP contribution in [0.1, 0.15) is 18.6 Å². The first-order valence-corrected chi connectivity index (χ1v) is 10.2. The minimum Gasteiger partial charge on any atom is -0.481 e. The van der Waals surface area contributed by atoms with Crippen molar-refractivity contribution in [2.24, 2.45) is 0 Å². The second-order valence-corrected chi connectivity index (χ2v) is 8.52. The summed E-state index contributed by atoms with van der Waals surface area (Å²) in [5.41, 5.74) is 0.991. The molecule has 1 aromatic heterocycles. The average molecular weight is 468 g/mol. The van der Waals surface area contributed by atoms with Gasteiger partial charge < -0.3 is 14.4 Å². The zero-order valence-electron chi connectivity index (χ0n) is 13.5. The molecule has 0 amide bonds. The molecule has 1 aliphatic heterocycles. The molecule has 0 unspecified atom stereocenters. The maximum Gasteiger partial charge on any atom is 0.303 e. The molecule has 26 heavy (non-hydrogen) atoms. The fraction of sp³-hybridized carbons (Fsp3) is 0.167. The highest BCUT2D eigenvalue weighted by Gasteiger charge is 2.28. The molecule has 0 saturated carbocycles. The Labute approximate surface area is 174 Å². The second kappa shape index (κ2) is 8.47. The van der Waals surface area contributed by atoms with E-state index in [1.807, 2.05) is 47.4 Å². The highest BCUT2D eigenvalue weighted by molar-refractivity contribution is 9.10. The summed E-state index contributed by atoms with van der Waals surface area (Å²) < 4.78 is 7.56. The van der Waals surface area contributed by atoms with Crippen LogP contribution in [0, 0.1) is 0 Å². The van der Waals surface area contributed by atoms with Crippen LogP contribution in [0.3, 0.4) is 0 Å². The van der Waals surface area contributed by atoms with E-state index in [4.69, 9.17) is 34.0 Å². The third-order valence-electron chi connectivity index (χ3n) is 3.67. The van der Waals surface area contributed by atoms with E-state index in [0.29, 0.717) is 28.0 Å². The molecule has 1 aromatic carbocycles. The molecule has 0 atom stereocenters. The number of halogens is 1. The van der Waals surface area contributed by atoms with Crippen LogP contribution in [0.4, 0.5) is 0 Å². The molecular formula is C18H14BrNO3S3. The maximum atomic E-state index is 10.7. The smallest absolute Gasteiger partial charge is 0.303 e. The highest BCUT2D eigenvalue weighted by atomic mass is 79.9. The molecule has 1 aliphatic rings. The fourth-order valence-corrected chi connectivity index (χ4v) is 4.46. The van der Waals surface area contributed by atoms with Crippen molar-refractivity contribution in [3.05, 3.63) is 51.5 Å². The van der Waals surface area contributed by atoms with Crippen molar-refractivity contribution >= 4 is 73.5 Å². The lowest BCUT2D eigenvalue weighted by molar-refractivity contribution is -0.137. The van der Waals surface area contributed by atoms with Crippen LogP contribution >= 0.6 is 52.1 Å². The number of thioether (sulfide) groups is 1. The van der Waals surface area contributed by atoms with Crippen LogP contribution in [0.25, 0.3) is 17.4 Å². The Morgan fingerprint density at radius 3 is 2.65 bits per heavy atom. The summed E-state index contributed by atoms with van der Waals surface area (Å²) in [6.07, 6.45) is 2.47. The van der Waals surface area contributed by atoms with E-state index in [2.05, 4.69) is 15.9 Å². The predicted molar refractivity (Wildman–Crippen MR) is 116 cm³/mol. The Kier molecular flexibility index (Phi) is 6.29. The number of hydrogen-bond acceptors (Lipinski definition) is 5. The number of benzene rings is 1. The van der Waals surface area contributed by atoms with Gasteiger partial charge in [-0.3, -0.25) is 4.79 Å². The van der Waals surface area contributed by atoms with Gasteiger partial charge in [0.05, 0.1) is 4.91 Å². The summed E-state index contributed by atoms with van der Waals surface area (Å²) >= 11 is 15.7. The van der Waals surface area contributed by atoms with Gasteiger partial charge in [0, 0.05) is 23.0 Å². The van der Waals surface area contributed by atoms with Gasteiger partial charge in [-0.15, -0.1) is 0 Å². The summed E-state index contributed by atoms with van der Waals surface area (Å²) in [6.45, 7) is 0.511.